The molecule has 2 aromatic rings. The highest BCUT2D eigenvalue weighted by molar-refractivity contribution is 5.96. The van der Waals surface area contributed by atoms with Crippen molar-refractivity contribution in [3.05, 3.63) is 47.5 Å². The van der Waals surface area contributed by atoms with Crippen molar-refractivity contribution in [1.29, 1.82) is 0 Å². The number of rotatable bonds is 7. The average molecular weight is 495 g/mol. The third-order valence-electron chi connectivity index (χ3n) is 7.31. The van der Waals surface area contributed by atoms with E-state index in [1.54, 1.807) is 12.0 Å². The van der Waals surface area contributed by atoms with Crippen LogP contribution in [0.2, 0.25) is 0 Å². The van der Waals surface area contributed by atoms with Crippen LogP contribution in [-0.4, -0.2) is 54.7 Å². The molecule has 1 aliphatic carbocycles. The Morgan fingerprint density at radius 3 is 2.47 bits per heavy atom. The molecule has 1 atom stereocenters. The first-order chi connectivity index (χ1) is 17.6. The number of benzene rings is 2. The van der Waals surface area contributed by atoms with Gasteiger partial charge in [0.05, 0.1) is 13.7 Å². The number of piperazine rings is 1. The van der Waals surface area contributed by atoms with Gasteiger partial charge >= 0.3 is 0 Å². The summed E-state index contributed by atoms with van der Waals surface area (Å²) in [7, 11) is 1.58. The van der Waals surface area contributed by atoms with Crippen molar-refractivity contribution >= 4 is 11.8 Å². The predicted molar refractivity (Wildman–Crippen MR) is 133 cm³/mol. The Labute approximate surface area is 212 Å². The fraction of sp³-hybridized carbons (Fsp3) is 0.500. The van der Waals surface area contributed by atoms with Crippen LogP contribution in [0.1, 0.15) is 62.6 Å². The monoisotopic (exact) mass is 494 g/mol. The summed E-state index contributed by atoms with van der Waals surface area (Å²) in [6.45, 7) is 3.00. The Kier molecular flexibility index (Phi) is 7.20. The summed E-state index contributed by atoms with van der Waals surface area (Å²) in [6, 6.07) is 10.5. The summed E-state index contributed by atoms with van der Waals surface area (Å²) < 4.78 is 22.2. The number of nitrogens with zero attached hydrogens (tertiary/aromatic N) is 2. The van der Waals surface area contributed by atoms with Crippen molar-refractivity contribution < 1.29 is 28.5 Å². The van der Waals surface area contributed by atoms with Gasteiger partial charge in [0.25, 0.3) is 5.91 Å². The van der Waals surface area contributed by atoms with Crippen LogP contribution in [-0.2, 0) is 16.1 Å². The van der Waals surface area contributed by atoms with E-state index in [2.05, 4.69) is 0 Å². The minimum atomic E-state index is -0.746. The van der Waals surface area contributed by atoms with Gasteiger partial charge in [-0.25, -0.2) is 0 Å². The molecule has 2 fully saturated rings. The van der Waals surface area contributed by atoms with Gasteiger partial charge < -0.3 is 28.7 Å². The van der Waals surface area contributed by atoms with Crippen LogP contribution < -0.4 is 18.9 Å². The van der Waals surface area contributed by atoms with Crippen molar-refractivity contribution in [2.24, 2.45) is 0 Å². The number of amides is 2. The lowest BCUT2D eigenvalue weighted by molar-refractivity contribution is -0.159. The zero-order valence-electron chi connectivity index (χ0n) is 21.0. The van der Waals surface area contributed by atoms with Gasteiger partial charge in [0, 0.05) is 12.6 Å². The lowest BCUT2D eigenvalue weighted by atomic mass is 9.96. The molecule has 192 valence electrons. The van der Waals surface area contributed by atoms with E-state index >= 15 is 0 Å². The minimum Gasteiger partial charge on any atom is -0.493 e. The van der Waals surface area contributed by atoms with E-state index in [4.69, 9.17) is 18.9 Å². The number of hydrogen-bond acceptors (Lipinski definition) is 6. The van der Waals surface area contributed by atoms with E-state index in [1.807, 2.05) is 48.2 Å². The van der Waals surface area contributed by atoms with Crippen LogP contribution in [0.25, 0.3) is 0 Å². The maximum Gasteiger partial charge on any atom is 0.250 e. The van der Waals surface area contributed by atoms with Crippen LogP contribution in [0.4, 0.5) is 0 Å². The van der Waals surface area contributed by atoms with Gasteiger partial charge in [-0.1, -0.05) is 37.8 Å². The fourth-order valence-electron chi connectivity index (χ4n) is 5.49. The molecule has 0 bridgehead atoms. The Bertz CT molecular complexity index is 1110. The predicted octanol–water partition coefficient (Wildman–Crippen LogP) is 4.46. The van der Waals surface area contributed by atoms with Gasteiger partial charge in [0.1, 0.15) is 12.6 Å². The number of ether oxygens (including phenoxy) is 4. The Morgan fingerprint density at radius 1 is 0.944 bits per heavy atom. The maximum atomic E-state index is 14.1. The van der Waals surface area contributed by atoms with E-state index < -0.39 is 6.04 Å². The lowest BCUT2D eigenvalue weighted by Crippen LogP contribution is -2.57. The molecule has 0 N–H and O–H groups in total. The minimum absolute atomic E-state index is 0.0338. The molecule has 0 unspecified atom stereocenters. The molecule has 2 heterocycles. The first-order valence-electron chi connectivity index (χ1n) is 12.9. The first kappa shape index (κ1) is 24.3. The average Bonchev–Trinajstić information content (AvgIpc) is 3.19. The number of hydrogen-bond donors (Lipinski definition) is 0. The summed E-state index contributed by atoms with van der Waals surface area (Å²) in [4.78, 5) is 31.3. The van der Waals surface area contributed by atoms with Crippen LogP contribution >= 0.6 is 0 Å². The molecule has 8 heteroatoms. The third kappa shape index (κ3) is 4.81. The highest BCUT2D eigenvalue weighted by Gasteiger charge is 2.43. The zero-order valence-corrected chi connectivity index (χ0v) is 21.0. The summed E-state index contributed by atoms with van der Waals surface area (Å²) in [5, 5.41) is 0. The normalized spacial score (nSPS) is 20.4. The van der Waals surface area contributed by atoms with E-state index in [-0.39, 0.29) is 31.2 Å². The second kappa shape index (κ2) is 10.7. The Balaban J connectivity index is 1.50. The second-order valence-corrected chi connectivity index (χ2v) is 9.57. The van der Waals surface area contributed by atoms with Gasteiger partial charge in [-0.15, -0.1) is 0 Å². The quantitative estimate of drug-likeness (QED) is 0.529. The third-order valence-corrected chi connectivity index (χ3v) is 7.31. The van der Waals surface area contributed by atoms with E-state index in [1.165, 1.54) is 12.8 Å². The molecule has 3 aliphatic rings. The zero-order chi connectivity index (χ0) is 25.1. The molecule has 1 saturated carbocycles. The van der Waals surface area contributed by atoms with E-state index in [0.717, 1.165) is 31.2 Å². The van der Waals surface area contributed by atoms with Crippen LogP contribution in [0.15, 0.2) is 36.4 Å². The maximum absolute atomic E-state index is 14.1. The van der Waals surface area contributed by atoms with Gasteiger partial charge in [-0.3, -0.25) is 9.59 Å². The number of fused-ring (bicyclic) bond motifs is 1. The first-order valence-corrected chi connectivity index (χ1v) is 12.9. The molecule has 2 aliphatic heterocycles. The molecular formula is C28H34N2O6. The number of carbonyl (C=O) groups excluding carboxylic acids is 2. The van der Waals surface area contributed by atoms with Crippen molar-refractivity contribution in [1.82, 2.24) is 9.80 Å². The van der Waals surface area contributed by atoms with E-state index in [0.29, 0.717) is 41.7 Å². The van der Waals surface area contributed by atoms with Crippen molar-refractivity contribution in [2.45, 2.75) is 64.1 Å². The molecule has 36 heavy (non-hydrogen) atoms. The molecule has 1 saturated heterocycles. The van der Waals surface area contributed by atoms with Gasteiger partial charge in [0.2, 0.25) is 12.7 Å². The SMILES string of the molecule is CCOc1ccc([C@@H]2C(=O)N(C3CCCCCC3)CC(=O)N2Cc2ccc3c(c2)OCO3)cc1OC. The molecular weight excluding hydrogens is 460 g/mol. The van der Waals surface area contributed by atoms with Crippen molar-refractivity contribution in [3.63, 3.8) is 0 Å². The van der Waals surface area contributed by atoms with Crippen LogP contribution in [0, 0.1) is 0 Å². The van der Waals surface area contributed by atoms with Gasteiger partial charge in [-0.05, 0) is 55.2 Å². The largest absolute Gasteiger partial charge is 0.493 e. The summed E-state index contributed by atoms with van der Waals surface area (Å²) >= 11 is 0. The summed E-state index contributed by atoms with van der Waals surface area (Å²) in [5.74, 6) is 2.41. The molecule has 0 radical (unpaired) electrons. The summed E-state index contributed by atoms with van der Waals surface area (Å²) in [6.07, 6.45) is 6.43. The van der Waals surface area contributed by atoms with Crippen LogP contribution in [0.5, 0.6) is 23.0 Å². The molecule has 8 nitrogen and oxygen atoms in total. The lowest BCUT2D eigenvalue weighted by Gasteiger charge is -2.43. The summed E-state index contributed by atoms with van der Waals surface area (Å²) in [5.41, 5.74) is 1.60. The topological polar surface area (TPSA) is 77.5 Å². The molecule has 2 aromatic carbocycles. The van der Waals surface area contributed by atoms with E-state index in [9.17, 15) is 9.59 Å². The van der Waals surface area contributed by atoms with Gasteiger partial charge in [-0.2, -0.15) is 0 Å². The fourth-order valence-corrected chi connectivity index (χ4v) is 5.49. The molecule has 5 rings (SSSR count). The number of carbonyl (C=O) groups is 2. The standard InChI is InChI=1S/C28H34N2O6/c1-3-34-22-13-11-20(15-24(22)33-2)27-28(32)29(21-8-6-4-5-7-9-21)17-26(31)30(27)16-19-10-12-23-25(14-19)36-18-35-23/h10-15,21,27H,3-9,16-18H2,1-2H3/t27-/m1/s1. The van der Waals surface area contributed by atoms with Gasteiger partial charge in [0.15, 0.2) is 23.0 Å². The Hall–Kier alpha value is -3.42. The Morgan fingerprint density at radius 2 is 1.72 bits per heavy atom. The smallest absolute Gasteiger partial charge is 0.250 e. The highest BCUT2D eigenvalue weighted by Crippen LogP contribution is 2.38. The second-order valence-electron chi connectivity index (χ2n) is 9.57. The van der Waals surface area contributed by atoms with Crippen LogP contribution in [0.3, 0.4) is 0 Å². The number of methoxy groups -OCH3 is 1. The highest BCUT2D eigenvalue weighted by atomic mass is 16.7. The molecule has 0 aromatic heterocycles. The van der Waals surface area contributed by atoms with Crippen molar-refractivity contribution in [3.8, 4) is 23.0 Å². The molecule has 2 amide bonds. The van der Waals surface area contributed by atoms with Crippen molar-refractivity contribution in [2.75, 3.05) is 27.1 Å². The molecule has 0 spiro atoms.